The number of hydrogen-bond donors (Lipinski definition) is 3. The molecule has 3 N–H and O–H groups in total. The Labute approximate surface area is 189 Å². The quantitative estimate of drug-likeness (QED) is 0.348. The van der Waals surface area contributed by atoms with Gasteiger partial charge in [0.25, 0.3) is 5.91 Å². The molecule has 1 amide bonds. The number of amides is 1. The van der Waals surface area contributed by atoms with Gasteiger partial charge in [-0.3, -0.25) is 15.6 Å². The molecule has 32 heavy (non-hydrogen) atoms. The number of nitrogens with one attached hydrogen (secondary N) is 3. The van der Waals surface area contributed by atoms with Gasteiger partial charge in [0.2, 0.25) is 0 Å². The van der Waals surface area contributed by atoms with E-state index in [0.29, 0.717) is 11.3 Å². The molecule has 0 spiro atoms. The van der Waals surface area contributed by atoms with Gasteiger partial charge in [-0.25, -0.2) is 8.78 Å². The van der Waals surface area contributed by atoms with Gasteiger partial charge < -0.3 is 10.2 Å². The Hall–Kier alpha value is -3.52. The number of hydrogen-bond acceptors (Lipinski definition) is 4. The van der Waals surface area contributed by atoms with E-state index < -0.39 is 23.1 Å². The normalized spacial score (nSPS) is 10.5. The van der Waals surface area contributed by atoms with E-state index in [2.05, 4.69) is 5.32 Å². The maximum absolute atomic E-state index is 13.8. The summed E-state index contributed by atoms with van der Waals surface area (Å²) in [6, 6.07) is 15.8. The molecule has 0 aliphatic rings. The molecule has 0 heterocycles. The van der Waals surface area contributed by atoms with Crippen LogP contribution >= 0.6 is 11.8 Å². The summed E-state index contributed by atoms with van der Waals surface area (Å²) in [7, 11) is 3.51. The summed E-state index contributed by atoms with van der Waals surface area (Å²) in [6.45, 7) is 1.95. The molecule has 0 aromatic heterocycles. The zero-order valence-corrected chi connectivity index (χ0v) is 18.6. The van der Waals surface area contributed by atoms with Crippen LogP contribution in [0.1, 0.15) is 21.5 Å². The van der Waals surface area contributed by atoms with Crippen LogP contribution in [-0.4, -0.2) is 35.1 Å². The van der Waals surface area contributed by atoms with E-state index in [0.717, 1.165) is 40.6 Å². The number of thioether (sulfide) groups is 1. The van der Waals surface area contributed by atoms with Gasteiger partial charge in [0.1, 0.15) is 22.2 Å². The predicted molar refractivity (Wildman–Crippen MR) is 127 cm³/mol. The molecule has 3 aromatic rings. The highest BCUT2D eigenvalue weighted by atomic mass is 32.2. The van der Waals surface area contributed by atoms with E-state index in [1.165, 1.54) is 6.07 Å². The minimum atomic E-state index is -0.922. The lowest BCUT2D eigenvalue weighted by atomic mass is 9.98. The van der Waals surface area contributed by atoms with E-state index in [1.807, 2.05) is 25.1 Å². The van der Waals surface area contributed by atoms with Crippen LogP contribution in [0.15, 0.2) is 60.7 Å². The van der Waals surface area contributed by atoms with Crippen molar-refractivity contribution in [3.8, 4) is 11.1 Å². The van der Waals surface area contributed by atoms with Crippen LogP contribution in [0.25, 0.3) is 11.1 Å². The standard InChI is InChI=1S/C24H22F2N4OS/c1-14-7-8-16(22(27)32-24(28)30(2)3)13-18(14)15-9-11-17(12-10-15)29-23(31)21-19(25)5-4-6-20(21)26/h4-13,27-28H,1-3H3,(H,29,31). The first-order chi connectivity index (χ1) is 15.2. The predicted octanol–water partition coefficient (Wildman–Crippen LogP) is 5.75. The molecule has 0 bridgehead atoms. The molecule has 3 rings (SSSR count). The molecule has 0 aliphatic carbocycles. The fourth-order valence-corrected chi connectivity index (χ4v) is 3.58. The molecule has 0 aliphatic heterocycles. The number of aryl methyl sites for hydroxylation is 1. The van der Waals surface area contributed by atoms with E-state index in [-0.39, 0.29) is 10.2 Å². The lowest BCUT2D eigenvalue weighted by Gasteiger charge is -2.14. The summed E-state index contributed by atoms with van der Waals surface area (Å²) in [5, 5.41) is 19.3. The number of carbonyl (C=O) groups is 1. The molecular formula is C24H22F2N4OS. The summed E-state index contributed by atoms with van der Waals surface area (Å²) < 4.78 is 27.6. The van der Waals surface area contributed by atoms with Crippen molar-refractivity contribution < 1.29 is 13.6 Å². The van der Waals surface area contributed by atoms with Gasteiger partial charge in [-0.05, 0) is 65.7 Å². The van der Waals surface area contributed by atoms with Crippen LogP contribution in [0.3, 0.4) is 0 Å². The summed E-state index contributed by atoms with van der Waals surface area (Å²) in [4.78, 5) is 13.9. The molecule has 164 valence electrons. The van der Waals surface area contributed by atoms with E-state index in [4.69, 9.17) is 10.8 Å². The second-order valence-corrected chi connectivity index (χ2v) is 8.29. The molecular weight excluding hydrogens is 430 g/mol. The second-order valence-electron chi connectivity index (χ2n) is 7.29. The van der Waals surface area contributed by atoms with E-state index in [9.17, 15) is 13.6 Å². The van der Waals surface area contributed by atoms with Crippen molar-refractivity contribution in [2.24, 2.45) is 0 Å². The molecule has 0 radical (unpaired) electrons. The SMILES string of the molecule is Cc1ccc(C(=N)SC(=N)N(C)C)cc1-c1ccc(NC(=O)c2c(F)cccc2F)cc1. The number of amidine groups is 1. The molecule has 0 atom stereocenters. The highest BCUT2D eigenvalue weighted by Crippen LogP contribution is 2.28. The minimum absolute atomic E-state index is 0.265. The first-order valence-corrected chi connectivity index (χ1v) is 10.5. The van der Waals surface area contributed by atoms with Gasteiger partial charge in [0.05, 0.1) is 0 Å². The zero-order valence-electron chi connectivity index (χ0n) is 17.8. The van der Waals surface area contributed by atoms with Crippen molar-refractivity contribution in [2.45, 2.75) is 6.92 Å². The monoisotopic (exact) mass is 452 g/mol. The average Bonchev–Trinajstić information content (AvgIpc) is 2.74. The van der Waals surface area contributed by atoms with Crippen molar-refractivity contribution in [1.82, 2.24) is 4.90 Å². The van der Waals surface area contributed by atoms with Crippen molar-refractivity contribution in [1.29, 1.82) is 10.8 Å². The third-order valence-corrected chi connectivity index (χ3v) is 5.75. The van der Waals surface area contributed by atoms with Gasteiger partial charge in [0.15, 0.2) is 5.17 Å². The van der Waals surface area contributed by atoms with Crippen LogP contribution in [0.2, 0.25) is 0 Å². The van der Waals surface area contributed by atoms with Crippen LogP contribution in [0.4, 0.5) is 14.5 Å². The van der Waals surface area contributed by atoms with Gasteiger partial charge in [0, 0.05) is 25.3 Å². The lowest BCUT2D eigenvalue weighted by Crippen LogP contribution is -2.19. The van der Waals surface area contributed by atoms with Gasteiger partial charge in [-0.2, -0.15) is 0 Å². The largest absolute Gasteiger partial charge is 0.357 e. The minimum Gasteiger partial charge on any atom is -0.357 e. The number of rotatable bonds is 4. The van der Waals surface area contributed by atoms with Crippen molar-refractivity contribution in [2.75, 3.05) is 19.4 Å². The first kappa shape index (κ1) is 23.1. The van der Waals surface area contributed by atoms with Gasteiger partial charge >= 0.3 is 0 Å². The van der Waals surface area contributed by atoms with Gasteiger partial charge in [-0.15, -0.1) is 0 Å². The van der Waals surface area contributed by atoms with Crippen molar-refractivity contribution in [3.63, 3.8) is 0 Å². The van der Waals surface area contributed by atoms with Gasteiger partial charge in [-0.1, -0.05) is 30.3 Å². The number of anilines is 1. The summed E-state index contributed by atoms with van der Waals surface area (Å²) in [6.07, 6.45) is 0. The number of carbonyl (C=O) groups excluding carboxylic acids is 1. The number of nitrogens with zero attached hydrogens (tertiary/aromatic N) is 1. The topological polar surface area (TPSA) is 80.0 Å². The molecule has 3 aromatic carbocycles. The van der Waals surface area contributed by atoms with Crippen molar-refractivity contribution >= 4 is 33.6 Å². The Bertz CT molecular complexity index is 1170. The lowest BCUT2D eigenvalue weighted by molar-refractivity contribution is 0.101. The molecule has 0 unspecified atom stereocenters. The highest BCUT2D eigenvalue weighted by molar-refractivity contribution is 8.26. The Morgan fingerprint density at radius 2 is 1.59 bits per heavy atom. The Balaban J connectivity index is 1.81. The molecule has 5 nitrogen and oxygen atoms in total. The number of benzene rings is 3. The molecule has 0 fully saturated rings. The van der Waals surface area contributed by atoms with E-state index in [1.54, 1.807) is 43.3 Å². The maximum Gasteiger partial charge on any atom is 0.261 e. The first-order valence-electron chi connectivity index (χ1n) is 9.66. The molecule has 0 saturated carbocycles. The highest BCUT2D eigenvalue weighted by Gasteiger charge is 2.17. The van der Waals surface area contributed by atoms with E-state index >= 15 is 0 Å². The fraction of sp³-hybridized carbons (Fsp3) is 0.125. The second kappa shape index (κ2) is 9.74. The Morgan fingerprint density at radius 1 is 0.969 bits per heavy atom. The molecule has 8 heteroatoms. The van der Waals surface area contributed by atoms with Crippen molar-refractivity contribution in [3.05, 3.63) is 89.0 Å². The maximum atomic E-state index is 13.8. The van der Waals surface area contributed by atoms with Crippen LogP contribution < -0.4 is 5.32 Å². The Kier molecular flexibility index (Phi) is 7.05. The summed E-state index contributed by atoms with van der Waals surface area (Å²) >= 11 is 1.06. The summed E-state index contributed by atoms with van der Waals surface area (Å²) in [5.74, 6) is -2.70. The molecule has 0 saturated heterocycles. The van der Waals surface area contributed by atoms with Crippen LogP contribution in [0, 0.1) is 29.4 Å². The zero-order chi connectivity index (χ0) is 23.4. The smallest absolute Gasteiger partial charge is 0.261 e. The third kappa shape index (κ3) is 5.20. The van der Waals surface area contributed by atoms with Crippen LogP contribution in [0.5, 0.6) is 0 Å². The average molecular weight is 453 g/mol. The number of halogens is 2. The Morgan fingerprint density at radius 3 is 2.19 bits per heavy atom. The third-order valence-electron chi connectivity index (χ3n) is 4.75. The summed E-state index contributed by atoms with van der Waals surface area (Å²) in [5.41, 5.74) is 3.23. The van der Waals surface area contributed by atoms with Crippen LogP contribution in [-0.2, 0) is 0 Å². The fourth-order valence-electron chi connectivity index (χ4n) is 2.96.